The summed E-state index contributed by atoms with van der Waals surface area (Å²) in [5, 5.41) is 7.33. The second kappa shape index (κ2) is 5.44. The van der Waals surface area contributed by atoms with E-state index in [9.17, 15) is 9.59 Å². The van der Waals surface area contributed by atoms with Crippen LogP contribution < -0.4 is 10.9 Å². The molecule has 1 saturated carbocycles. The molecule has 6 nitrogen and oxygen atoms in total. The van der Waals surface area contributed by atoms with Crippen LogP contribution in [0.1, 0.15) is 39.7 Å². The summed E-state index contributed by atoms with van der Waals surface area (Å²) in [6.45, 7) is 5.86. The van der Waals surface area contributed by atoms with Crippen LogP contribution in [0.5, 0.6) is 0 Å². The van der Waals surface area contributed by atoms with Crippen LogP contribution in [-0.2, 0) is 4.79 Å². The number of hydrogen-bond acceptors (Lipinski definition) is 3. The molecule has 1 aromatic carbocycles. The fraction of sp³-hybridized carbons (Fsp3) is 0.421. The molecular weight excluding hydrogens is 316 g/mol. The van der Waals surface area contributed by atoms with E-state index < -0.39 is 6.04 Å². The van der Waals surface area contributed by atoms with Crippen molar-refractivity contribution in [1.82, 2.24) is 19.5 Å². The van der Waals surface area contributed by atoms with E-state index in [2.05, 4.69) is 10.4 Å². The maximum atomic E-state index is 13.2. The molecular formula is C19H22N4O2. The highest BCUT2D eigenvalue weighted by molar-refractivity contribution is 5.85. The van der Waals surface area contributed by atoms with Crippen LogP contribution in [0.2, 0.25) is 0 Å². The number of nitrogens with zero attached hydrogens (tertiary/aromatic N) is 3. The molecule has 0 radical (unpaired) electrons. The van der Waals surface area contributed by atoms with Gasteiger partial charge in [-0.2, -0.15) is 5.10 Å². The van der Waals surface area contributed by atoms with E-state index in [1.807, 2.05) is 45.0 Å². The molecule has 2 aromatic heterocycles. The first-order valence-electron chi connectivity index (χ1n) is 8.66. The van der Waals surface area contributed by atoms with Crippen molar-refractivity contribution in [2.75, 3.05) is 0 Å². The molecule has 0 spiro atoms. The fourth-order valence-electron chi connectivity index (χ4n) is 3.41. The average molecular weight is 338 g/mol. The number of benzene rings is 1. The number of carbonyl (C=O) groups is 1. The third-order valence-electron chi connectivity index (χ3n) is 4.56. The van der Waals surface area contributed by atoms with E-state index in [0.29, 0.717) is 5.52 Å². The molecule has 1 aliphatic rings. The Morgan fingerprint density at radius 2 is 1.84 bits per heavy atom. The molecule has 3 aromatic rings. The Bertz CT molecular complexity index is 1020. The summed E-state index contributed by atoms with van der Waals surface area (Å²) < 4.78 is 3.32. The minimum atomic E-state index is -0.489. The molecule has 1 atom stereocenters. The normalized spacial score (nSPS) is 16.3. The van der Waals surface area contributed by atoms with Crippen molar-refractivity contribution < 1.29 is 4.79 Å². The summed E-state index contributed by atoms with van der Waals surface area (Å²) in [7, 11) is 0. The standard InChI is InChI=1S/C19H22N4O2/c1-19(2,3)21-17(24)16(12-8-9-12)22-13-6-4-5-7-14(13)23-15(18(22)25)10-11-20-23/h4-7,10-12,16H,8-9H2,1-3H3,(H,21,24). The van der Waals surface area contributed by atoms with E-state index in [1.54, 1.807) is 21.3 Å². The number of hydrogen-bond donors (Lipinski definition) is 1. The smallest absolute Gasteiger partial charge is 0.277 e. The van der Waals surface area contributed by atoms with Gasteiger partial charge in [0.05, 0.1) is 17.2 Å². The highest BCUT2D eigenvalue weighted by Crippen LogP contribution is 2.40. The maximum Gasteiger partial charge on any atom is 0.277 e. The van der Waals surface area contributed by atoms with Crippen molar-refractivity contribution in [3.8, 4) is 0 Å². The number of amides is 1. The fourth-order valence-corrected chi connectivity index (χ4v) is 3.41. The van der Waals surface area contributed by atoms with Gasteiger partial charge in [-0.3, -0.25) is 14.2 Å². The van der Waals surface area contributed by atoms with Gasteiger partial charge in [0.15, 0.2) is 0 Å². The predicted octanol–water partition coefficient (Wildman–Crippen LogP) is 2.52. The Hall–Kier alpha value is -2.63. The third kappa shape index (κ3) is 2.71. The van der Waals surface area contributed by atoms with Crippen LogP contribution in [0.3, 0.4) is 0 Å². The molecule has 0 aliphatic heterocycles. The van der Waals surface area contributed by atoms with Crippen molar-refractivity contribution in [2.24, 2.45) is 5.92 Å². The Morgan fingerprint density at radius 3 is 2.48 bits per heavy atom. The van der Waals surface area contributed by atoms with Crippen LogP contribution in [0, 0.1) is 5.92 Å². The van der Waals surface area contributed by atoms with Gasteiger partial charge in [0.25, 0.3) is 5.56 Å². The van der Waals surface area contributed by atoms with Gasteiger partial charge in [-0.25, -0.2) is 4.52 Å². The van der Waals surface area contributed by atoms with Gasteiger partial charge in [0, 0.05) is 5.54 Å². The molecule has 4 rings (SSSR count). The Labute approximate surface area is 145 Å². The van der Waals surface area contributed by atoms with E-state index in [-0.39, 0.29) is 22.9 Å². The highest BCUT2D eigenvalue weighted by atomic mass is 16.2. The predicted molar refractivity (Wildman–Crippen MR) is 96.6 cm³/mol. The molecule has 1 amide bonds. The second-order valence-corrected chi connectivity index (χ2v) is 7.81. The Balaban J connectivity index is 1.98. The molecule has 0 bridgehead atoms. The van der Waals surface area contributed by atoms with Gasteiger partial charge in [-0.15, -0.1) is 0 Å². The monoisotopic (exact) mass is 338 g/mol. The van der Waals surface area contributed by atoms with Crippen LogP contribution in [0.25, 0.3) is 16.6 Å². The van der Waals surface area contributed by atoms with Crippen molar-refractivity contribution >= 4 is 22.5 Å². The zero-order valence-electron chi connectivity index (χ0n) is 14.7. The number of nitrogens with one attached hydrogen (secondary N) is 1. The lowest BCUT2D eigenvalue weighted by atomic mass is 10.1. The molecule has 6 heteroatoms. The quantitative estimate of drug-likeness (QED) is 0.798. The Kier molecular flexibility index (Phi) is 3.45. The summed E-state index contributed by atoms with van der Waals surface area (Å²) in [5.41, 5.74) is 1.55. The van der Waals surface area contributed by atoms with Crippen molar-refractivity contribution in [1.29, 1.82) is 0 Å². The topological polar surface area (TPSA) is 68.4 Å². The number of fused-ring (bicyclic) bond motifs is 3. The summed E-state index contributed by atoms with van der Waals surface area (Å²) in [6.07, 6.45) is 3.55. The first-order valence-corrected chi connectivity index (χ1v) is 8.66. The second-order valence-electron chi connectivity index (χ2n) is 7.81. The highest BCUT2D eigenvalue weighted by Gasteiger charge is 2.40. The van der Waals surface area contributed by atoms with E-state index in [4.69, 9.17) is 0 Å². The lowest BCUT2D eigenvalue weighted by Gasteiger charge is -2.27. The number of aromatic nitrogens is 3. The van der Waals surface area contributed by atoms with Crippen molar-refractivity contribution in [3.05, 3.63) is 46.9 Å². The average Bonchev–Trinajstić information content (AvgIpc) is 3.23. The summed E-state index contributed by atoms with van der Waals surface area (Å²) in [6, 6.07) is 8.83. The van der Waals surface area contributed by atoms with E-state index in [1.165, 1.54) is 0 Å². The van der Waals surface area contributed by atoms with Gasteiger partial charge in [-0.05, 0) is 57.7 Å². The van der Waals surface area contributed by atoms with E-state index >= 15 is 0 Å². The van der Waals surface area contributed by atoms with E-state index in [0.717, 1.165) is 23.9 Å². The maximum absolute atomic E-state index is 13.2. The number of para-hydroxylation sites is 2. The number of rotatable bonds is 3. The Morgan fingerprint density at radius 1 is 1.16 bits per heavy atom. The minimum absolute atomic E-state index is 0.0916. The van der Waals surface area contributed by atoms with Crippen LogP contribution >= 0.6 is 0 Å². The lowest BCUT2D eigenvalue weighted by Crippen LogP contribution is -2.47. The first kappa shape index (κ1) is 15.9. The van der Waals surface area contributed by atoms with Gasteiger partial charge in [0.2, 0.25) is 5.91 Å². The third-order valence-corrected chi connectivity index (χ3v) is 4.56. The molecule has 0 saturated heterocycles. The lowest BCUT2D eigenvalue weighted by molar-refractivity contribution is -0.126. The molecule has 1 N–H and O–H groups in total. The largest absolute Gasteiger partial charge is 0.350 e. The summed E-state index contributed by atoms with van der Waals surface area (Å²) in [5.74, 6) is 0.111. The molecule has 25 heavy (non-hydrogen) atoms. The molecule has 1 aliphatic carbocycles. The van der Waals surface area contributed by atoms with Gasteiger partial charge < -0.3 is 5.32 Å². The molecule has 1 unspecified atom stereocenters. The zero-order chi connectivity index (χ0) is 17.8. The molecule has 130 valence electrons. The van der Waals surface area contributed by atoms with Crippen molar-refractivity contribution in [2.45, 2.75) is 45.2 Å². The van der Waals surface area contributed by atoms with Crippen LogP contribution in [0.15, 0.2) is 41.3 Å². The van der Waals surface area contributed by atoms with Crippen LogP contribution in [-0.4, -0.2) is 25.6 Å². The molecule has 1 fully saturated rings. The molecule has 2 heterocycles. The van der Waals surface area contributed by atoms with Gasteiger partial charge in [0.1, 0.15) is 11.6 Å². The SMILES string of the molecule is CC(C)(C)NC(=O)C(C1CC1)n1c(=O)c2ccnn2c2ccccc21. The van der Waals surface area contributed by atoms with Crippen molar-refractivity contribution in [3.63, 3.8) is 0 Å². The van der Waals surface area contributed by atoms with Crippen LogP contribution in [0.4, 0.5) is 0 Å². The van der Waals surface area contributed by atoms with Gasteiger partial charge in [-0.1, -0.05) is 12.1 Å². The number of carbonyl (C=O) groups excluding carboxylic acids is 1. The van der Waals surface area contributed by atoms with Gasteiger partial charge >= 0.3 is 0 Å². The first-order chi connectivity index (χ1) is 11.9. The summed E-state index contributed by atoms with van der Waals surface area (Å²) in [4.78, 5) is 26.2. The minimum Gasteiger partial charge on any atom is -0.350 e. The zero-order valence-corrected chi connectivity index (χ0v) is 14.7. The summed E-state index contributed by atoms with van der Waals surface area (Å²) >= 11 is 0.